The number of hydrogen-bond acceptors (Lipinski definition) is 3. The van der Waals surface area contributed by atoms with Gasteiger partial charge in [-0.25, -0.2) is 0 Å². The first-order valence-corrected chi connectivity index (χ1v) is 8.28. The van der Waals surface area contributed by atoms with Crippen LogP contribution in [-0.4, -0.2) is 44.3 Å². The minimum absolute atomic E-state index is 0.453. The van der Waals surface area contributed by atoms with E-state index in [1.165, 1.54) is 24.0 Å². The molecule has 0 spiro atoms. The Balaban J connectivity index is 1.92. The lowest BCUT2D eigenvalue weighted by Gasteiger charge is -2.26. The van der Waals surface area contributed by atoms with Crippen LogP contribution in [0.1, 0.15) is 43.4 Å². The summed E-state index contributed by atoms with van der Waals surface area (Å²) in [6.45, 7) is 8.40. The van der Waals surface area contributed by atoms with Gasteiger partial charge in [-0.1, -0.05) is 36.8 Å². The van der Waals surface area contributed by atoms with Crippen molar-refractivity contribution in [3.05, 3.63) is 35.4 Å². The molecule has 1 aliphatic heterocycles. The van der Waals surface area contributed by atoms with Crippen LogP contribution in [0.2, 0.25) is 0 Å². The van der Waals surface area contributed by atoms with E-state index in [2.05, 4.69) is 55.4 Å². The van der Waals surface area contributed by atoms with Gasteiger partial charge in [0, 0.05) is 25.2 Å². The molecule has 1 N–H and O–H groups in total. The molecule has 21 heavy (non-hydrogen) atoms. The summed E-state index contributed by atoms with van der Waals surface area (Å²) in [5.41, 5.74) is 2.76. The molecule has 3 heteroatoms. The Morgan fingerprint density at radius 3 is 2.95 bits per heavy atom. The third kappa shape index (κ3) is 5.10. The van der Waals surface area contributed by atoms with Gasteiger partial charge in [-0.15, -0.1) is 0 Å². The highest BCUT2D eigenvalue weighted by molar-refractivity contribution is 5.25. The maximum absolute atomic E-state index is 5.49. The lowest BCUT2D eigenvalue weighted by atomic mass is 10.0. The second kappa shape index (κ2) is 8.52. The maximum Gasteiger partial charge on any atom is 0.0622 e. The van der Waals surface area contributed by atoms with E-state index in [-0.39, 0.29) is 0 Å². The zero-order valence-electron chi connectivity index (χ0n) is 13.8. The number of rotatable bonds is 8. The monoisotopic (exact) mass is 290 g/mol. The number of ether oxygens (including phenoxy) is 1. The Labute approximate surface area is 129 Å². The molecule has 0 radical (unpaired) electrons. The number of aryl methyl sites for hydroxylation is 1. The van der Waals surface area contributed by atoms with Gasteiger partial charge in [-0.05, 0) is 45.3 Å². The van der Waals surface area contributed by atoms with Crippen LogP contribution in [0, 0.1) is 6.92 Å². The Morgan fingerprint density at radius 2 is 2.29 bits per heavy atom. The summed E-state index contributed by atoms with van der Waals surface area (Å²) in [4.78, 5) is 2.46. The van der Waals surface area contributed by atoms with Crippen LogP contribution in [0.3, 0.4) is 0 Å². The molecule has 1 fully saturated rings. The highest BCUT2D eigenvalue weighted by Gasteiger charge is 2.21. The molecule has 1 heterocycles. The fourth-order valence-electron chi connectivity index (χ4n) is 2.98. The van der Waals surface area contributed by atoms with Crippen LogP contribution < -0.4 is 5.32 Å². The third-order valence-corrected chi connectivity index (χ3v) is 4.38. The van der Waals surface area contributed by atoms with Crippen molar-refractivity contribution in [3.63, 3.8) is 0 Å². The van der Waals surface area contributed by atoms with Crippen LogP contribution >= 0.6 is 0 Å². The maximum atomic E-state index is 5.49. The molecule has 1 aromatic carbocycles. The SMILES string of the molecule is CCCNC(CCN(C)C1CCOC1)c1cccc(C)c1. The van der Waals surface area contributed by atoms with Gasteiger partial charge in [-0.2, -0.15) is 0 Å². The zero-order valence-corrected chi connectivity index (χ0v) is 13.8. The molecular weight excluding hydrogens is 260 g/mol. The van der Waals surface area contributed by atoms with Crippen molar-refractivity contribution >= 4 is 0 Å². The summed E-state index contributed by atoms with van der Waals surface area (Å²) >= 11 is 0. The van der Waals surface area contributed by atoms with Gasteiger partial charge in [0.05, 0.1) is 6.61 Å². The highest BCUT2D eigenvalue weighted by atomic mass is 16.5. The Kier molecular flexibility index (Phi) is 6.68. The molecule has 0 amide bonds. The highest BCUT2D eigenvalue weighted by Crippen LogP contribution is 2.20. The van der Waals surface area contributed by atoms with E-state index < -0.39 is 0 Å². The predicted octanol–water partition coefficient (Wildman–Crippen LogP) is 3.15. The van der Waals surface area contributed by atoms with Gasteiger partial charge in [-0.3, -0.25) is 0 Å². The zero-order chi connectivity index (χ0) is 15.1. The van der Waals surface area contributed by atoms with E-state index in [0.29, 0.717) is 12.1 Å². The molecule has 2 rings (SSSR count). The van der Waals surface area contributed by atoms with Crippen LogP contribution in [0.5, 0.6) is 0 Å². The van der Waals surface area contributed by atoms with Crippen LogP contribution in [0.15, 0.2) is 24.3 Å². The molecule has 0 aromatic heterocycles. The first-order valence-electron chi connectivity index (χ1n) is 8.28. The normalized spacial score (nSPS) is 20.1. The third-order valence-electron chi connectivity index (χ3n) is 4.38. The largest absolute Gasteiger partial charge is 0.380 e. The fourth-order valence-corrected chi connectivity index (χ4v) is 2.98. The average Bonchev–Trinajstić information content (AvgIpc) is 3.01. The first-order chi connectivity index (χ1) is 10.2. The summed E-state index contributed by atoms with van der Waals surface area (Å²) in [5, 5.41) is 3.70. The molecule has 1 aliphatic rings. The minimum Gasteiger partial charge on any atom is -0.380 e. The number of hydrogen-bond donors (Lipinski definition) is 1. The molecule has 118 valence electrons. The molecule has 1 aromatic rings. The Morgan fingerprint density at radius 1 is 1.43 bits per heavy atom. The van der Waals surface area contributed by atoms with E-state index in [1.807, 2.05) is 0 Å². The lowest BCUT2D eigenvalue weighted by molar-refractivity contribution is 0.156. The second-order valence-electron chi connectivity index (χ2n) is 6.21. The quantitative estimate of drug-likeness (QED) is 0.796. The fraction of sp³-hybridized carbons (Fsp3) is 0.667. The van der Waals surface area contributed by atoms with E-state index >= 15 is 0 Å². The molecule has 0 saturated carbocycles. The molecule has 0 aliphatic carbocycles. The standard InChI is InChI=1S/C18H30N2O/c1-4-10-19-18(16-7-5-6-15(2)13-16)8-11-20(3)17-9-12-21-14-17/h5-7,13,17-19H,4,8-12,14H2,1-3H3. The van der Waals surface area contributed by atoms with Gasteiger partial charge in [0.15, 0.2) is 0 Å². The summed E-state index contributed by atoms with van der Waals surface area (Å²) in [7, 11) is 2.23. The lowest BCUT2D eigenvalue weighted by Crippen LogP contribution is -2.35. The van der Waals surface area contributed by atoms with Gasteiger partial charge >= 0.3 is 0 Å². The number of nitrogens with one attached hydrogen (secondary N) is 1. The molecule has 3 nitrogen and oxygen atoms in total. The van der Waals surface area contributed by atoms with Crippen molar-refractivity contribution < 1.29 is 4.74 Å². The van der Waals surface area contributed by atoms with Gasteiger partial charge < -0.3 is 15.0 Å². The van der Waals surface area contributed by atoms with Crippen molar-refractivity contribution in [2.45, 2.75) is 45.2 Å². The number of benzene rings is 1. The van der Waals surface area contributed by atoms with Gasteiger partial charge in [0.2, 0.25) is 0 Å². The second-order valence-corrected chi connectivity index (χ2v) is 6.21. The first kappa shape index (κ1) is 16.5. The van der Waals surface area contributed by atoms with E-state index in [4.69, 9.17) is 4.74 Å². The van der Waals surface area contributed by atoms with Crippen molar-refractivity contribution in [2.75, 3.05) is 33.4 Å². The van der Waals surface area contributed by atoms with Gasteiger partial charge in [0.1, 0.15) is 0 Å². The topological polar surface area (TPSA) is 24.5 Å². The van der Waals surface area contributed by atoms with E-state index in [0.717, 1.165) is 32.7 Å². The molecule has 1 saturated heterocycles. The van der Waals surface area contributed by atoms with E-state index in [9.17, 15) is 0 Å². The average molecular weight is 290 g/mol. The smallest absolute Gasteiger partial charge is 0.0622 e. The van der Waals surface area contributed by atoms with Crippen LogP contribution in [0.25, 0.3) is 0 Å². The summed E-state index contributed by atoms with van der Waals surface area (Å²) in [6.07, 6.45) is 3.50. The molecular formula is C18H30N2O. The molecule has 2 atom stereocenters. The summed E-state index contributed by atoms with van der Waals surface area (Å²) < 4.78 is 5.49. The van der Waals surface area contributed by atoms with Crippen molar-refractivity contribution in [1.29, 1.82) is 0 Å². The van der Waals surface area contributed by atoms with E-state index in [1.54, 1.807) is 0 Å². The molecule has 2 unspecified atom stereocenters. The molecule has 0 bridgehead atoms. The Hall–Kier alpha value is -0.900. The van der Waals surface area contributed by atoms with Gasteiger partial charge in [0.25, 0.3) is 0 Å². The van der Waals surface area contributed by atoms with Crippen molar-refractivity contribution in [2.24, 2.45) is 0 Å². The predicted molar refractivity (Wildman–Crippen MR) is 88.7 cm³/mol. The number of nitrogens with zero attached hydrogens (tertiary/aromatic N) is 1. The summed E-state index contributed by atoms with van der Waals surface area (Å²) in [6, 6.07) is 9.96. The Bertz CT molecular complexity index is 415. The summed E-state index contributed by atoms with van der Waals surface area (Å²) in [5.74, 6) is 0. The minimum atomic E-state index is 0.453. The van der Waals surface area contributed by atoms with Crippen molar-refractivity contribution in [1.82, 2.24) is 10.2 Å². The van der Waals surface area contributed by atoms with Crippen LogP contribution in [-0.2, 0) is 4.74 Å². The number of likely N-dealkylation sites (N-methyl/N-ethyl adjacent to an activating group) is 1. The van der Waals surface area contributed by atoms with Crippen molar-refractivity contribution in [3.8, 4) is 0 Å². The van der Waals surface area contributed by atoms with Crippen LogP contribution in [0.4, 0.5) is 0 Å².